The molecule has 1 fully saturated rings. The highest BCUT2D eigenvalue weighted by Crippen LogP contribution is 2.33. The van der Waals surface area contributed by atoms with Crippen LogP contribution in [0.15, 0.2) is 0 Å². The number of carbonyl (C=O) groups is 2. The Morgan fingerprint density at radius 1 is 1.33 bits per heavy atom. The molecule has 0 saturated carbocycles. The highest BCUT2D eigenvalue weighted by molar-refractivity contribution is 5.80. The third-order valence-corrected chi connectivity index (χ3v) is 3.03. The van der Waals surface area contributed by atoms with Crippen molar-refractivity contribution in [2.45, 2.75) is 59.7 Å². The molecule has 0 aromatic rings. The summed E-state index contributed by atoms with van der Waals surface area (Å²) in [5.74, 6) is -0.580. The molecule has 0 aromatic heterocycles. The van der Waals surface area contributed by atoms with Crippen LogP contribution < -0.4 is 0 Å². The van der Waals surface area contributed by atoms with Crippen LogP contribution in [0.4, 0.5) is 0 Å². The largest absolute Gasteiger partial charge is 0.461 e. The normalized spacial score (nSPS) is 25.4. The first-order valence-corrected chi connectivity index (χ1v) is 6.55. The highest BCUT2D eigenvalue weighted by Gasteiger charge is 2.45. The van der Waals surface area contributed by atoms with Crippen LogP contribution in [0.5, 0.6) is 0 Å². The molecule has 0 aromatic carbocycles. The van der Waals surface area contributed by atoms with E-state index in [0.717, 1.165) is 0 Å². The molecule has 0 aliphatic carbocycles. The van der Waals surface area contributed by atoms with Gasteiger partial charge in [0.1, 0.15) is 11.7 Å². The molecule has 0 unspecified atom stereocenters. The number of rotatable bonds is 4. The second-order valence-electron chi connectivity index (χ2n) is 6.42. The van der Waals surface area contributed by atoms with Crippen molar-refractivity contribution in [2.24, 2.45) is 17.8 Å². The van der Waals surface area contributed by atoms with Gasteiger partial charge in [0.15, 0.2) is 0 Å². The second kappa shape index (κ2) is 5.29. The van der Waals surface area contributed by atoms with Crippen molar-refractivity contribution in [1.29, 1.82) is 0 Å². The number of cyclic esters (lactones) is 1. The van der Waals surface area contributed by atoms with Gasteiger partial charge in [0.2, 0.25) is 0 Å². The van der Waals surface area contributed by atoms with Crippen LogP contribution in [0.2, 0.25) is 0 Å². The van der Waals surface area contributed by atoms with Gasteiger partial charge in [-0.3, -0.25) is 9.59 Å². The average molecular weight is 256 g/mol. The van der Waals surface area contributed by atoms with E-state index in [4.69, 9.17) is 9.47 Å². The van der Waals surface area contributed by atoms with Crippen LogP contribution in [-0.4, -0.2) is 23.6 Å². The van der Waals surface area contributed by atoms with Crippen LogP contribution >= 0.6 is 0 Å². The van der Waals surface area contributed by atoms with Crippen molar-refractivity contribution in [3.05, 3.63) is 0 Å². The van der Waals surface area contributed by atoms with Crippen LogP contribution in [0, 0.1) is 17.8 Å². The Balaban J connectivity index is 2.51. The van der Waals surface area contributed by atoms with Gasteiger partial charge in [-0.2, -0.15) is 0 Å². The van der Waals surface area contributed by atoms with E-state index in [1.165, 1.54) is 0 Å². The molecule has 0 radical (unpaired) electrons. The molecular weight excluding hydrogens is 232 g/mol. The molecule has 4 heteroatoms. The zero-order valence-corrected chi connectivity index (χ0v) is 12.1. The van der Waals surface area contributed by atoms with E-state index in [1.807, 2.05) is 34.6 Å². The van der Waals surface area contributed by atoms with E-state index in [1.54, 1.807) is 6.92 Å². The maximum absolute atomic E-state index is 11.8. The fourth-order valence-electron chi connectivity index (χ4n) is 2.08. The number of hydrogen-bond donors (Lipinski definition) is 0. The maximum atomic E-state index is 11.8. The first-order valence-electron chi connectivity index (χ1n) is 6.55. The molecule has 104 valence electrons. The smallest absolute Gasteiger partial charge is 0.313 e. The molecule has 1 rings (SSSR count). The summed E-state index contributed by atoms with van der Waals surface area (Å²) in [6.07, 6.45) is 0.457. The predicted octanol–water partition coefficient (Wildman–Crippen LogP) is 2.55. The molecule has 1 aliphatic rings. The van der Waals surface area contributed by atoms with Gasteiger partial charge in [-0.05, 0) is 33.1 Å². The predicted molar refractivity (Wildman–Crippen MR) is 67.8 cm³/mol. The van der Waals surface area contributed by atoms with E-state index in [9.17, 15) is 9.59 Å². The zero-order chi connectivity index (χ0) is 14.1. The summed E-state index contributed by atoms with van der Waals surface area (Å²) < 4.78 is 10.4. The van der Waals surface area contributed by atoms with Crippen molar-refractivity contribution >= 4 is 11.9 Å². The summed E-state index contributed by atoms with van der Waals surface area (Å²) in [5, 5.41) is 0. The maximum Gasteiger partial charge on any atom is 0.313 e. The summed E-state index contributed by atoms with van der Waals surface area (Å²) in [7, 11) is 0. The fraction of sp³-hybridized carbons (Fsp3) is 0.857. The Morgan fingerprint density at radius 3 is 2.28 bits per heavy atom. The lowest BCUT2D eigenvalue weighted by atomic mass is 9.82. The average Bonchev–Trinajstić information content (AvgIpc) is 2.19. The SMILES string of the molecule is CC(C)[C@@H]1OC(=O)[C@H]1C[C@@H](C)C(=O)OC(C)(C)C. The van der Waals surface area contributed by atoms with Gasteiger partial charge in [0.25, 0.3) is 0 Å². The molecule has 1 heterocycles. The zero-order valence-electron chi connectivity index (χ0n) is 12.1. The van der Waals surface area contributed by atoms with Crippen molar-refractivity contribution in [3.8, 4) is 0 Å². The van der Waals surface area contributed by atoms with Gasteiger partial charge < -0.3 is 9.47 Å². The van der Waals surface area contributed by atoms with E-state index in [0.29, 0.717) is 12.3 Å². The third-order valence-electron chi connectivity index (χ3n) is 3.03. The number of hydrogen-bond acceptors (Lipinski definition) is 4. The lowest BCUT2D eigenvalue weighted by molar-refractivity contribution is -0.193. The number of esters is 2. The van der Waals surface area contributed by atoms with Crippen LogP contribution in [0.1, 0.15) is 48.0 Å². The summed E-state index contributed by atoms with van der Waals surface area (Å²) >= 11 is 0. The topological polar surface area (TPSA) is 52.6 Å². The van der Waals surface area contributed by atoms with Crippen LogP contribution in [-0.2, 0) is 19.1 Å². The molecule has 18 heavy (non-hydrogen) atoms. The lowest BCUT2D eigenvalue weighted by Crippen LogP contribution is -2.49. The quantitative estimate of drug-likeness (QED) is 0.725. The fourth-order valence-corrected chi connectivity index (χ4v) is 2.08. The molecule has 3 atom stereocenters. The first kappa shape index (κ1) is 15.0. The van der Waals surface area contributed by atoms with Crippen molar-refractivity contribution in [1.82, 2.24) is 0 Å². The Bertz CT molecular complexity index is 327. The second-order valence-corrected chi connectivity index (χ2v) is 6.42. The molecule has 0 amide bonds. The van der Waals surface area contributed by atoms with Gasteiger partial charge in [0, 0.05) is 0 Å². The van der Waals surface area contributed by atoms with Gasteiger partial charge >= 0.3 is 11.9 Å². The lowest BCUT2D eigenvalue weighted by Gasteiger charge is -2.38. The first-order chi connectivity index (χ1) is 8.11. The van der Waals surface area contributed by atoms with E-state index in [2.05, 4.69) is 0 Å². The van der Waals surface area contributed by atoms with Crippen LogP contribution in [0.25, 0.3) is 0 Å². The summed E-state index contributed by atoms with van der Waals surface area (Å²) in [4.78, 5) is 23.3. The van der Waals surface area contributed by atoms with Gasteiger partial charge in [-0.25, -0.2) is 0 Å². The Labute approximate surface area is 109 Å². The number of carbonyl (C=O) groups excluding carboxylic acids is 2. The Hall–Kier alpha value is -1.06. The molecule has 4 nitrogen and oxygen atoms in total. The molecule has 1 aliphatic heterocycles. The van der Waals surface area contributed by atoms with Crippen LogP contribution in [0.3, 0.4) is 0 Å². The van der Waals surface area contributed by atoms with E-state index in [-0.39, 0.29) is 29.9 Å². The minimum absolute atomic E-state index is 0.0533. The molecular formula is C14H24O4. The molecule has 0 spiro atoms. The Morgan fingerprint density at radius 2 is 1.89 bits per heavy atom. The van der Waals surface area contributed by atoms with E-state index >= 15 is 0 Å². The number of ether oxygens (including phenoxy) is 2. The van der Waals surface area contributed by atoms with Gasteiger partial charge in [0.05, 0.1) is 11.8 Å². The van der Waals surface area contributed by atoms with Gasteiger partial charge in [-0.15, -0.1) is 0 Å². The molecule has 1 saturated heterocycles. The molecule has 0 bridgehead atoms. The van der Waals surface area contributed by atoms with Crippen molar-refractivity contribution < 1.29 is 19.1 Å². The van der Waals surface area contributed by atoms with Crippen molar-refractivity contribution in [2.75, 3.05) is 0 Å². The van der Waals surface area contributed by atoms with Gasteiger partial charge in [-0.1, -0.05) is 20.8 Å². The molecule has 0 N–H and O–H groups in total. The summed E-state index contributed by atoms with van der Waals surface area (Å²) in [6, 6.07) is 0. The standard InChI is InChI=1S/C14H24O4/c1-8(2)11-10(13(16)17-11)7-9(3)12(15)18-14(4,5)6/h8-11H,7H2,1-6H3/t9-,10+,11+/m1/s1. The third kappa shape index (κ3) is 3.72. The Kier molecular flexibility index (Phi) is 4.41. The minimum Gasteiger partial charge on any atom is -0.461 e. The summed E-state index contributed by atoms with van der Waals surface area (Å²) in [5.41, 5.74) is -0.483. The highest BCUT2D eigenvalue weighted by atomic mass is 16.6. The monoisotopic (exact) mass is 256 g/mol. The van der Waals surface area contributed by atoms with E-state index < -0.39 is 5.60 Å². The summed E-state index contributed by atoms with van der Waals surface area (Å²) in [6.45, 7) is 11.4. The minimum atomic E-state index is -0.483. The van der Waals surface area contributed by atoms with Crippen molar-refractivity contribution in [3.63, 3.8) is 0 Å².